The maximum Gasteiger partial charge on any atom is 0.277 e. The van der Waals surface area contributed by atoms with Gasteiger partial charge >= 0.3 is 0 Å². The monoisotopic (exact) mass is 630 g/mol. The summed E-state index contributed by atoms with van der Waals surface area (Å²) in [5.74, 6) is 0.770. The number of rotatable bonds is 6. The summed E-state index contributed by atoms with van der Waals surface area (Å²) in [6, 6.07) is 13.0. The van der Waals surface area contributed by atoms with Crippen molar-refractivity contribution < 1.29 is 19.0 Å². The van der Waals surface area contributed by atoms with Crippen LogP contribution in [-0.4, -0.2) is 50.4 Å². The molecule has 1 amide bonds. The van der Waals surface area contributed by atoms with Gasteiger partial charge in [-0.25, -0.2) is 9.67 Å². The molecular formula is C32H28Cl2N6O4. The first-order valence-corrected chi connectivity index (χ1v) is 15.2. The quantitative estimate of drug-likeness (QED) is 0.196. The Labute approximate surface area is 263 Å². The van der Waals surface area contributed by atoms with Gasteiger partial charge in [0.2, 0.25) is 5.88 Å². The van der Waals surface area contributed by atoms with E-state index in [1.807, 2.05) is 35.9 Å². The number of hydrogen-bond donors (Lipinski definition) is 0. The van der Waals surface area contributed by atoms with Crippen LogP contribution in [0.1, 0.15) is 54.6 Å². The van der Waals surface area contributed by atoms with Gasteiger partial charge in [-0.2, -0.15) is 5.10 Å². The van der Waals surface area contributed by atoms with Crippen molar-refractivity contribution in [2.24, 2.45) is 0 Å². The van der Waals surface area contributed by atoms with Gasteiger partial charge in [-0.1, -0.05) is 29.3 Å². The van der Waals surface area contributed by atoms with E-state index >= 15 is 0 Å². The second kappa shape index (κ2) is 12.0. The molecule has 7 rings (SSSR count). The van der Waals surface area contributed by atoms with Crippen LogP contribution < -0.4 is 14.4 Å². The third-order valence-electron chi connectivity index (χ3n) is 7.80. The maximum atomic E-state index is 13.5. The molecule has 6 heterocycles. The summed E-state index contributed by atoms with van der Waals surface area (Å²) in [5, 5.41) is 6.76. The number of carbonyl (C=O) groups is 1. The molecule has 1 fully saturated rings. The fourth-order valence-corrected chi connectivity index (χ4v) is 6.35. The van der Waals surface area contributed by atoms with Crippen LogP contribution in [0, 0.1) is 0 Å². The van der Waals surface area contributed by atoms with Gasteiger partial charge < -0.3 is 14.2 Å². The molecule has 0 bridgehead atoms. The highest BCUT2D eigenvalue weighted by molar-refractivity contribution is 6.35. The molecule has 10 nitrogen and oxygen atoms in total. The molecule has 0 saturated carbocycles. The molecule has 1 saturated heterocycles. The number of ether oxygens (including phenoxy) is 3. The average Bonchev–Trinajstić information content (AvgIpc) is 3.43. The number of amides is 1. The molecule has 0 aliphatic carbocycles. The molecular weight excluding hydrogens is 603 g/mol. The van der Waals surface area contributed by atoms with Gasteiger partial charge in [-0.3, -0.25) is 19.7 Å². The van der Waals surface area contributed by atoms with E-state index in [9.17, 15) is 4.79 Å². The second-order valence-corrected chi connectivity index (χ2v) is 11.5. The summed E-state index contributed by atoms with van der Waals surface area (Å²) < 4.78 is 20.2. The highest BCUT2D eigenvalue weighted by atomic mass is 35.5. The third kappa shape index (κ3) is 5.34. The molecule has 1 unspecified atom stereocenters. The lowest BCUT2D eigenvalue weighted by atomic mass is 10.1. The van der Waals surface area contributed by atoms with Crippen molar-refractivity contribution in [3.63, 3.8) is 0 Å². The Hall–Kier alpha value is -4.25. The number of anilines is 1. The van der Waals surface area contributed by atoms with Gasteiger partial charge in [0.25, 0.3) is 5.91 Å². The predicted octanol–water partition coefficient (Wildman–Crippen LogP) is 7.07. The molecule has 5 aromatic rings. The van der Waals surface area contributed by atoms with Gasteiger partial charge in [0.15, 0.2) is 6.23 Å². The van der Waals surface area contributed by atoms with Crippen molar-refractivity contribution in [3.8, 4) is 22.9 Å². The second-order valence-electron chi connectivity index (χ2n) is 10.6. The summed E-state index contributed by atoms with van der Waals surface area (Å²) in [5.41, 5.74) is 3.86. The van der Waals surface area contributed by atoms with Crippen LogP contribution in [0.4, 0.5) is 5.69 Å². The van der Waals surface area contributed by atoms with Crippen LogP contribution in [0.15, 0.2) is 67.3 Å². The standard InChI is InChI=1S/C32H28Cl2N6O4/c1-19(29-23(33)17-35-18-24(29)34)44-21-8-9-26-22(15-21)30(38-40(26)28-7-3-5-12-42-28)20-14-27-31(37-16-20)43-13-11-39(27)32(41)25-6-2-4-10-36-25/h2,4,6,8-10,14-19,28H,3,5,7,11-13H2,1H3/t19-,28?/m1/s1. The molecule has 2 aliphatic rings. The number of nitrogens with zero attached hydrogens (tertiary/aromatic N) is 6. The minimum atomic E-state index is -0.440. The van der Waals surface area contributed by atoms with E-state index in [1.54, 1.807) is 47.9 Å². The molecule has 2 aliphatic heterocycles. The fourth-order valence-electron chi connectivity index (χ4n) is 5.68. The van der Waals surface area contributed by atoms with Gasteiger partial charge in [0.05, 0.1) is 22.1 Å². The highest BCUT2D eigenvalue weighted by Gasteiger charge is 2.29. The molecule has 0 radical (unpaired) electrons. The Morgan fingerprint density at radius 2 is 1.91 bits per heavy atom. The van der Waals surface area contributed by atoms with Crippen molar-refractivity contribution in [2.75, 3.05) is 24.7 Å². The molecule has 44 heavy (non-hydrogen) atoms. The summed E-state index contributed by atoms with van der Waals surface area (Å²) in [6.45, 7) is 3.27. The Bertz CT molecular complexity index is 1820. The highest BCUT2D eigenvalue weighted by Crippen LogP contribution is 2.40. The number of hydrogen-bond acceptors (Lipinski definition) is 8. The van der Waals surface area contributed by atoms with E-state index in [-0.39, 0.29) is 12.1 Å². The van der Waals surface area contributed by atoms with Crippen LogP contribution in [-0.2, 0) is 4.74 Å². The summed E-state index contributed by atoms with van der Waals surface area (Å²) in [6.07, 6.45) is 8.71. The third-order valence-corrected chi connectivity index (χ3v) is 8.40. The van der Waals surface area contributed by atoms with E-state index < -0.39 is 6.10 Å². The normalized spacial score (nSPS) is 17.2. The Kier molecular flexibility index (Phi) is 7.80. The number of carbonyl (C=O) groups excluding carboxylic acids is 1. The first-order chi connectivity index (χ1) is 21.5. The fraction of sp³-hybridized carbons (Fsp3) is 0.281. The van der Waals surface area contributed by atoms with E-state index in [0.29, 0.717) is 64.1 Å². The van der Waals surface area contributed by atoms with Gasteiger partial charge in [-0.05, 0) is 62.6 Å². The SMILES string of the molecule is C[C@@H](Oc1ccc2c(c1)c(-c1cnc3c(c1)N(C(=O)c1ccccn1)CCO3)nn2C1CCCCO1)c1c(Cl)cncc1Cl. The lowest BCUT2D eigenvalue weighted by Gasteiger charge is -2.28. The summed E-state index contributed by atoms with van der Waals surface area (Å²) in [4.78, 5) is 28.0. The van der Waals surface area contributed by atoms with Gasteiger partial charge in [-0.15, -0.1) is 0 Å². The van der Waals surface area contributed by atoms with Gasteiger partial charge in [0, 0.05) is 47.9 Å². The van der Waals surface area contributed by atoms with Crippen LogP contribution in [0.5, 0.6) is 11.6 Å². The van der Waals surface area contributed by atoms with Crippen molar-refractivity contribution in [3.05, 3.63) is 88.6 Å². The molecule has 12 heteroatoms. The maximum absolute atomic E-state index is 13.5. The van der Waals surface area contributed by atoms with E-state index in [4.69, 9.17) is 42.5 Å². The van der Waals surface area contributed by atoms with E-state index in [2.05, 4.69) is 15.0 Å². The van der Waals surface area contributed by atoms with Crippen LogP contribution in [0.3, 0.4) is 0 Å². The molecule has 1 aromatic carbocycles. The Balaban J connectivity index is 1.31. The number of halogens is 2. The molecule has 0 N–H and O–H groups in total. The zero-order valence-electron chi connectivity index (χ0n) is 23.8. The Morgan fingerprint density at radius 1 is 1.05 bits per heavy atom. The van der Waals surface area contributed by atoms with Crippen molar-refractivity contribution in [1.29, 1.82) is 0 Å². The first kappa shape index (κ1) is 28.5. The molecule has 2 atom stereocenters. The van der Waals surface area contributed by atoms with Crippen molar-refractivity contribution in [1.82, 2.24) is 24.7 Å². The van der Waals surface area contributed by atoms with Crippen LogP contribution in [0.25, 0.3) is 22.2 Å². The van der Waals surface area contributed by atoms with Crippen LogP contribution in [0.2, 0.25) is 10.0 Å². The lowest BCUT2D eigenvalue weighted by Crippen LogP contribution is -2.38. The van der Waals surface area contributed by atoms with Crippen LogP contribution >= 0.6 is 23.2 Å². The smallest absolute Gasteiger partial charge is 0.277 e. The number of pyridine rings is 3. The Morgan fingerprint density at radius 3 is 2.68 bits per heavy atom. The molecule has 4 aromatic heterocycles. The van der Waals surface area contributed by atoms with E-state index in [1.165, 1.54) is 0 Å². The lowest BCUT2D eigenvalue weighted by molar-refractivity contribution is -0.0365. The minimum Gasteiger partial charge on any atom is -0.486 e. The molecule has 224 valence electrons. The van der Waals surface area contributed by atoms with Gasteiger partial charge in [0.1, 0.15) is 35.5 Å². The number of aromatic nitrogens is 5. The summed E-state index contributed by atoms with van der Waals surface area (Å²) in [7, 11) is 0. The first-order valence-electron chi connectivity index (χ1n) is 14.4. The van der Waals surface area contributed by atoms with Crippen molar-refractivity contribution in [2.45, 2.75) is 38.5 Å². The molecule has 0 spiro atoms. The minimum absolute atomic E-state index is 0.198. The zero-order chi connectivity index (χ0) is 30.2. The van der Waals surface area contributed by atoms with E-state index in [0.717, 1.165) is 35.7 Å². The topological polar surface area (TPSA) is 104 Å². The largest absolute Gasteiger partial charge is 0.486 e. The average molecular weight is 632 g/mol. The zero-order valence-corrected chi connectivity index (χ0v) is 25.3. The number of fused-ring (bicyclic) bond motifs is 2. The predicted molar refractivity (Wildman–Crippen MR) is 167 cm³/mol. The summed E-state index contributed by atoms with van der Waals surface area (Å²) >= 11 is 12.8. The number of benzene rings is 1. The van der Waals surface area contributed by atoms with Crippen molar-refractivity contribution >= 4 is 45.7 Å².